The number of hydrogen-bond donors (Lipinski definition) is 2. The number of hydrogen-bond acceptors (Lipinski definition) is 7. The van der Waals surface area contributed by atoms with Gasteiger partial charge in [-0.1, -0.05) is 61.0 Å². The van der Waals surface area contributed by atoms with Crippen LogP contribution >= 0.6 is 11.3 Å². The molecule has 2 heterocycles. The van der Waals surface area contributed by atoms with E-state index in [1.165, 1.54) is 23.3 Å². The predicted molar refractivity (Wildman–Crippen MR) is 154 cm³/mol. The number of aromatic nitrogens is 1. The first-order valence-corrected chi connectivity index (χ1v) is 14.0. The van der Waals surface area contributed by atoms with Gasteiger partial charge in [-0.05, 0) is 48.2 Å². The molecule has 1 saturated heterocycles. The van der Waals surface area contributed by atoms with E-state index in [9.17, 15) is 0 Å². The third kappa shape index (κ3) is 4.91. The van der Waals surface area contributed by atoms with Crippen LogP contribution in [0.1, 0.15) is 42.5 Å². The SMILES string of the molecule is COc1ccc([C@H]2N[C@@H](c3ccc(OC)cc3)C3CCCC2C3=NNc2nc(-c3ccccc3)cs2)cc1. The lowest BCUT2D eigenvalue weighted by Gasteiger charge is -2.47. The molecule has 194 valence electrons. The molecule has 3 aromatic carbocycles. The number of piperidine rings is 1. The fourth-order valence-electron chi connectivity index (χ4n) is 5.85. The fraction of sp³-hybridized carbons (Fsp3) is 0.290. The van der Waals surface area contributed by atoms with Crippen LogP contribution < -0.4 is 20.2 Å². The van der Waals surface area contributed by atoms with Crippen molar-refractivity contribution < 1.29 is 9.47 Å². The van der Waals surface area contributed by atoms with Gasteiger partial charge in [0.15, 0.2) is 0 Å². The van der Waals surface area contributed by atoms with Crippen molar-refractivity contribution in [1.29, 1.82) is 0 Å². The second-order valence-corrected chi connectivity index (χ2v) is 10.7. The molecule has 2 unspecified atom stereocenters. The summed E-state index contributed by atoms with van der Waals surface area (Å²) in [5, 5.41) is 12.0. The van der Waals surface area contributed by atoms with Gasteiger partial charge in [0.2, 0.25) is 5.13 Å². The van der Waals surface area contributed by atoms with Crippen LogP contribution in [0, 0.1) is 11.8 Å². The number of nitrogens with one attached hydrogen (secondary N) is 2. The quantitative estimate of drug-likeness (QED) is 0.253. The molecule has 0 amide bonds. The van der Waals surface area contributed by atoms with Crippen LogP contribution in [0.3, 0.4) is 0 Å². The number of thiazole rings is 1. The Balaban J connectivity index is 1.34. The van der Waals surface area contributed by atoms with Crippen LogP contribution in [0.5, 0.6) is 11.5 Å². The van der Waals surface area contributed by atoms with Crippen LogP contribution in [0.4, 0.5) is 5.13 Å². The van der Waals surface area contributed by atoms with Crippen molar-refractivity contribution in [3.05, 3.63) is 95.4 Å². The van der Waals surface area contributed by atoms with E-state index in [4.69, 9.17) is 19.6 Å². The highest BCUT2D eigenvalue weighted by molar-refractivity contribution is 7.14. The number of methoxy groups -OCH3 is 2. The standard InChI is InChI=1S/C31H32N4O2S/c1-36-23-15-11-21(12-16-23)28-25-9-6-10-26(29(33-28)22-13-17-24(37-2)18-14-22)30(25)34-35-31-32-27(19-38-31)20-7-4-3-5-8-20/h3-5,7-8,11-19,25-26,28-29,33H,6,9-10H2,1-2H3,(H,32,35)/t25?,26?,28-,29+. The van der Waals surface area contributed by atoms with Gasteiger partial charge in [0.25, 0.3) is 0 Å². The molecule has 4 aromatic rings. The first-order valence-electron chi connectivity index (χ1n) is 13.1. The van der Waals surface area contributed by atoms with Crippen LogP contribution in [0.25, 0.3) is 11.3 Å². The molecule has 2 fully saturated rings. The zero-order valence-electron chi connectivity index (χ0n) is 21.6. The van der Waals surface area contributed by atoms with Crippen molar-refractivity contribution in [2.75, 3.05) is 19.6 Å². The van der Waals surface area contributed by atoms with Crippen molar-refractivity contribution in [3.8, 4) is 22.8 Å². The molecule has 4 atom stereocenters. The van der Waals surface area contributed by atoms with Crippen molar-refractivity contribution in [2.45, 2.75) is 31.3 Å². The summed E-state index contributed by atoms with van der Waals surface area (Å²) < 4.78 is 10.8. The Kier molecular flexibility index (Phi) is 7.12. The highest BCUT2D eigenvalue weighted by Gasteiger charge is 2.45. The Hall–Kier alpha value is -3.68. The van der Waals surface area contributed by atoms with Crippen molar-refractivity contribution in [1.82, 2.24) is 10.3 Å². The van der Waals surface area contributed by atoms with E-state index in [-0.39, 0.29) is 12.1 Å². The highest BCUT2D eigenvalue weighted by atomic mass is 32.1. The maximum atomic E-state index is 5.42. The average Bonchev–Trinajstić information content (AvgIpc) is 3.46. The monoisotopic (exact) mass is 524 g/mol. The lowest BCUT2D eigenvalue weighted by molar-refractivity contribution is 0.233. The zero-order chi connectivity index (χ0) is 25.9. The second-order valence-electron chi connectivity index (χ2n) is 9.86. The maximum absolute atomic E-state index is 5.42. The average molecular weight is 525 g/mol. The van der Waals surface area contributed by atoms with Gasteiger partial charge in [-0.15, -0.1) is 11.3 Å². The van der Waals surface area contributed by atoms with E-state index in [1.54, 1.807) is 25.6 Å². The number of benzene rings is 3. The number of rotatable bonds is 7. The van der Waals surface area contributed by atoms with Gasteiger partial charge in [0.1, 0.15) is 11.5 Å². The van der Waals surface area contributed by atoms with E-state index < -0.39 is 0 Å². The summed E-state index contributed by atoms with van der Waals surface area (Å²) in [6, 6.07) is 27.5. The molecule has 2 bridgehead atoms. The van der Waals surface area contributed by atoms with E-state index in [0.29, 0.717) is 11.8 Å². The van der Waals surface area contributed by atoms with Gasteiger partial charge >= 0.3 is 0 Å². The molecule has 38 heavy (non-hydrogen) atoms. The molecule has 1 saturated carbocycles. The molecule has 7 heteroatoms. The molecular weight excluding hydrogens is 492 g/mol. The van der Waals surface area contributed by atoms with Crippen molar-refractivity contribution in [3.63, 3.8) is 0 Å². The number of nitrogens with zero attached hydrogens (tertiary/aromatic N) is 2. The lowest BCUT2D eigenvalue weighted by Crippen LogP contribution is -2.50. The van der Waals surface area contributed by atoms with Crippen molar-refractivity contribution in [2.24, 2.45) is 16.9 Å². The normalized spacial score (nSPS) is 23.7. The van der Waals surface area contributed by atoms with Gasteiger partial charge in [-0.2, -0.15) is 5.10 Å². The lowest BCUT2D eigenvalue weighted by atomic mass is 9.67. The Morgan fingerprint density at radius 2 is 1.39 bits per heavy atom. The van der Waals surface area contributed by atoms with Crippen molar-refractivity contribution >= 4 is 22.2 Å². The number of ether oxygens (including phenoxy) is 2. The minimum Gasteiger partial charge on any atom is -0.497 e. The van der Waals surface area contributed by atoms with Gasteiger partial charge in [-0.3, -0.25) is 5.43 Å². The summed E-state index contributed by atoms with van der Waals surface area (Å²) in [6.45, 7) is 0. The number of fused-ring (bicyclic) bond motifs is 2. The molecule has 1 aliphatic heterocycles. The Bertz CT molecular complexity index is 1320. The zero-order valence-corrected chi connectivity index (χ0v) is 22.4. The third-order valence-corrected chi connectivity index (χ3v) is 8.51. The van der Waals surface area contributed by atoms with Crippen LogP contribution in [0.15, 0.2) is 89.3 Å². The summed E-state index contributed by atoms with van der Waals surface area (Å²) in [7, 11) is 3.41. The number of hydrazone groups is 1. The fourth-order valence-corrected chi connectivity index (χ4v) is 6.51. The topological polar surface area (TPSA) is 67.8 Å². The summed E-state index contributed by atoms with van der Waals surface area (Å²) in [6.07, 6.45) is 3.39. The van der Waals surface area contributed by atoms with E-state index in [0.717, 1.165) is 40.7 Å². The first-order chi connectivity index (χ1) is 18.7. The van der Waals surface area contributed by atoms with E-state index in [2.05, 4.69) is 52.5 Å². The summed E-state index contributed by atoms with van der Waals surface area (Å²) in [5.74, 6) is 2.34. The Morgan fingerprint density at radius 3 is 1.95 bits per heavy atom. The molecule has 1 aromatic heterocycles. The van der Waals surface area contributed by atoms with Gasteiger partial charge in [0.05, 0.1) is 19.9 Å². The van der Waals surface area contributed by atoms with Gasteiger partial charge in [0, 0.05) is 40.6 Å². The van der Waals surface area contributed by atoms with Crippen LogP contribution in [0.2, 0.25) is 0 Å². The number of anilines is 1. The largest absolute Gasteiger partial charge is 0.497 e. The minimum atomic E-state index is 0.154. The molecule has 1 aliphatic carbocycles. The molecule has 6 nitrogen and oxygen atoms in total. The summed E-state index contributed by atoms with van der Waals surface area (Å²) >= 11 is 1.59. The Labute approximate surface area is 227 Å². The molecule has 6 rings (SSSR count). The summed E-state index contributed by atoms with van der Waals surface area (Å²) in [5.41, 5.74) is 9.16. The highest BCUT2D eigenvalue weighted by Crippen LogP contribution is 2.47. The van der Waals surface area contributed by atoms with Gasteiger partial charge in [-0.25, -0.2) is 4.98 Å². The summed E-state index contributed by atoms with van der Waals surface area (Å²) in [4.78, 5) is 4.81. The van der Waals surface area contributed by atoms with Gasteiger partial charge < -0.3 is 14.8 Å². The minimum absolute atomic E-state index is 0.154. The Morgan fingerprint density at radius 1 is 0.816 bits per heavy atom. The predicted octanol–water partition coefficient (Wildman–Crippen LogP) is 7.10. The molecule has 0 spiro atoms. The van der Waals surface area contributed by atoms with Crippen LogP contribution in [-0.2, 0) is 0 Å². The molecular formula is C31H32N4O2S. The molecule has 0 radical (unpaired) electrons. The third-order valence-electron chi connectivity index (χ3n) is 7.76. The van der Waals surface area contributed by atoms with E-state index >= 15 is 0 Å². The van der Waals surface area contributed by atoms with Crippen LogP contribution in [-0.4, -0.2) is 24.9 Å². The second kappa shape index (κ2) is 11.0. The molecule has 2 aliphatic rings. The maximum Gasteiger partial charge on any atom is 0.203 e. The molecule has 2 N–H and O–H groups in total. The first kappa shape index (κ1) is 24.6. The van der Waals surface area contributed by atoms with E-state index in [1.807, 2.05) is 42.5 Å². The smallest absolute Gasteiger partial charge is 0.203 e.